The van der Waals surface area contributed by atoms with E-state index in [2.05, 4.69) is 121 Å². The van der Waals surface area contributed by atoms with Crippen molar-refractivity contribution >= 4 is 51.3 Å². The lowest BCUT2D eigenvalue weighted by Crippen LogP contribution is -2.27. The van der Waals surface area contributed by atoms with Crippen LogP contribution in [0, 0.1) is 41.5 Å². The summed E-state index contributed by atoms with van der Waals surface area (Å²) in [6.45, 7) is 30.9. The number of ether oxygens (including phenoxy) is 3. The maximum atomic E-state index is 12.3. The number of carbonyl (C=O) groups excluding carboxylic acids is 4. The van der Waals surface area contributed by atoms with E-state index in [1.807, 2.05) is 39.6 Å². The molecule has 71 heavy (non-hydrogen) atoms. The van der Waals surface area contributed by atoms with Gasteiger partial charge in [0.2, 0.25) is 11.8 Å². The van der Waals surface area contributed by atoms with E-state index in [0.29, 0.717) is 24.5 Å². The number of amides is 2. The fourth-order valence-corrected chi connectivity index (χ4v) is 9.24. The number of carbonyl (C=O) groups is 4. The molecule has 1 heterocycles. The molecule has 0 saturated carbocycles. The first-order valence-electron chi connectivity index (χ1n) is 24.1. The highest BCUT2D eigenvalue weighted by Crippen LogP contribution is 2.45. The summed E-state index contributed by atoms with van der Waals surface area (Å²) < 4.78 is 32.0. The normalized spacial score (nSPS) is 13.7. The molecule has 400 valence electrons. The zero-order chi connectivity index (χ0) is 54.7. The minimum Gasteiger partial charge on any atom is -0.821 e. The van der Waals surface area contributed by atoms with E-state index in [4.69, 9.17) is 23.3 Å². The minimum atomic E-state index is -3.65. The Morgan fingerprint density at radius 2 is 1.10 bits per heavy atom. The Morgan fingerprint density at radius 3 is 1.49 bits per heavy atom. The second-order valence-corrected chi connectivity index (χ2v) is 24.5. The van der Waals surface area contributed by atoms with E-state index >= 15 is 0 Å². The second-order valence-electron chi connectivity index (χ2n) is 20.2. The SMILES string of the molecule is C=P(C)(OC)OCCC(C)(C)c1c(C)cc(C)cc1OC(=O)CCC(=O)NC.C=P([O-])([O-])OC.CCCC(C)(C)c1c(C)cc(C)cc1OC(=O)CCC(=O)NC.Cc1cc(C)c2c(c1)OCCC2(C)C. The lowest BCUT2D eigenvalue weighted by Gasteiger charge is -2.35. The zero-order valence-corrected chi connectivity index (χ0v) is 48.0. The first-order valence-corrected chi connectivity index (χ1v) is 28.1. The quantitative estimate of drug-likeness (QED) is 0.0697. The summed E-state index contributed by atoms with van der Waals surface area (Å²) in [5, 5.41) is 5.01. The Kier molecular flexibility index (Phi) is 26.3. The average molecular weight is 1030 g/mol. The topological polar surface area (TPSA) is 194 Å². The molecule has 1 unspecified atom stereocenters. The fraction of sp³-hybridized carbons (Fsp3) is 0.564. The van der Waals surface area contributed by atoms with Gasteiger partial charge in [-0.05, 0) is 129 Å². The van der Waals surface area contributed by atoms with Gasteiger partial charge in [-0.3, -0.25) is 19.2 Å². The number of hydrogen-bond acceptors (Lipinski definition) is 12. The number of aryl methyl sites for hydroxylation is 6. The molecule has 0 radical (unpaired) electrons. The number of esters is 2. The molecule has 0 aromatic heterocycles. The zero-order valence-electron chi connectivity index (χ0n) is 46.2. The molecular formula is C55H86N2O12P2-2. The van der Waals surface area contributed by atoms with Crippen molar-refractivity contribution in [2.75, 3.05) is 48.2 Å². The molecule has 1 aliphatic rings. The summed E-state index contributed by atoms with van der Waals surface area (Å²) in [6, 6.07) is 12.4. The summed E-state index contributed by atoms with van der Waals surface area (Å²) in [5.74, 6) is 1.14. The highest BCUT2D eigenvalue weighted by atomic mass is 31.2. The molecule has 0 aliphatic carbocycles. The van der Waals surface area contributed by atoms with Gasteiger partial charge in [-0.2, -0.15) is 7.57 Å². The van der Waals surface area contributed by atoms with Gasteiger partial charge in [-0.25, -0.2) is 0 Å². The third kappa shape index (κ3) is 22.6. The molecule has 1 aliphatic heterocycles. The monoisotopic (exact) mass is 1030 g/mol. The molecule has 3 aromatic carbocycles. The van der Waals surface area contributed by atoms with Crippen molar-refractivity contribution in [2.45, 2.75) is 158 Å². The molecule has 2 amide bonds. The van der Waals surface area contributed by atoms with E-state index in [1.54, 1.807) is 21.2 Å². The van der Waals surface area contributed by atoms with E-state index in [-0.39, 0.29) is 59.7 Å². The molecular weight excluding hydrogens is 943 g/mol. The van der Waals surface area contributed by atoms with Crippen molar-refractivity contribution in [1.29, 1.82) is 0 Å². The maximum Gasteiger partial charge on any atom is 0.311 e. The van der Waals surface area contributed by atoms with Crippen LogP contribution < -0.4 is 34.6 Å². The van der Waals surface area contributed by atoms with Crippen molar-refractivity contribution in [3.05, 3.63) is 86.5 Å². The van der Waals surface area contributed by atoms with E-state index in [0.717, 1.165) is 72.1 Å². The smallest absolute Gasteiger partial charge is 0.311 e. The molecule has 14 nitrogen and oxygen atoms in total. The number of rotatable bonds is 18. The van der Waals surface area contributed by atoms with Crippen LogP contribution in [0.3, 0.4) is 0 Å². The summed E-state index contributed by atoms with van der Waals surface area (Å²) in [4.78, 5) is 66.4. The predicted octanol–water partition coefficient (Wildman–Crippen LogP) is 9.70. The van der Waals surface area contributed by atoms with Gasteiger partial charge >= 0.3 is 11.9 Å². The number of fused-ring (bicyclic) bond motifs is 1. The minimum absolute atomic E-state index is 0.0355. The molecule has 0 saturated heterocycles. The van der Waals surface area contributed by atoms with Crippen molar-refractivity contribution in [3.63, 3.8) is 0 Å². The van der Waals surface area contributed by atoms with Crippen LogP contribution in [-0.2, 0) is 49.0 Å². The second kappa shape index (κ2) is 28.8. The number of hydrogen-bond donors (Lipinski definition) is 2. The van der Waals surface area contributed by atoms with Gasteiger partial charge in [0.05, 0.1) is 26.1 Å². The predicted molar refractivity (Wildman–Crippen MR) is 288 cm³/mol. The Hall–Kier alpha value is -4.26. The van der Waals surface area contributed by atoms with Gasteiger partial charge < -0.3 is 48.2 Å². The molecule has 0 bridgehead atoms. The van der Waals surface area contributed by atoms with Crippen LogP contribution in [0.5, 0.6) is 17.2 Å². The van der Waals surface area contributed by atoms with Crippen LogP contribution in [0.4, 0.5) is 0 Å². The van der Waals surface area contributed by atoms with Gasteiger partial charge in [0.15, 0.2) is 0 Å². The highest BCUT2D eigenvalue weighted by Gasteiger charge is 2.31. The van der Waals surface area contributed by atoms with Crippen LogP contribution in [-0.4, -0.2) is 84.5 Å². The third-order valence-corrected chi connectivity index (χ3v) is 14.2. The van der Waals surface area contributed by atoms with Gasteiger partial charge in [0.25, 0.3) is 0 Å². The first-order chi connectivity index (χ1) is 32.7. The summed E-state index contributed by atoms with van der Waals surface area (Å²) >= 11 is 0. The first kappa shape index (κ1) is 64.8. The van der Waals surface area contributed by atoms with Crippen LogP contribution >= 0.6 is 14.9 Å². The van der Waals surface area contributed by atoms with Crippen LogP contribution in [0.15, 0.2) is 36.4 Å². The van der Waals surface area contributed by atoms with Crippen LogP contribution in [0.1, 0.15) is 150 Å². The van der Waals surface area contributed by atoms with Gasteiger partial charge in [0, 0.05) is 64.5 Å². The standard InChI is InChI=1S/C21H34NO5P.C19H29NO3.C13H18O.C2H5O3P/c1-15-13-16(2)20(21(3,4)11-12-26-28(7,8)25-6)17(14-15)27-19(24)10-9-18(23)22-5;1-7-10-19(4,5)18-14(3)11-13(2)12-15(18)23-17(22)9-8-16(21)20-6;1-9-7-10(2)12-11(8-9)14-6-5-13(12,3)4;1-5-6(2,3)4/h13-14H,7,9-12H2,1-6,8H3,(H,22,23);11-12H,7-10H2,1-6H3,(H,20,21);7-8H,5-6H2,1-4H3;2H2,1H3/q;;;-2. The van der Waals surface area contributed by atoms with Gasteiger partial charge in [-0.15, -0.1) is 6.30 Å². The van der Waals surface area contributed by atoms with E-state index in [1.165, 1.54) is 16.7 Å². The van der Waals surface area contributed by atoms with Crippen molar-refractivity contribution < 1.29 is 56.7 Å². The number of benzene rings is 3. The molecule has 3 aromatic rings. The lowest BCUT2D eigenvalue weighted by atomic mass is 9.77. The van der Waals surface area contributed by atoms with E-state index in [9.17, 15) is 29.0 Å². The molecule has 1 atom stereocenters. The van der Waals surface area contributed by atoms with Crippen LogP contribution in [0.2, 0.25) is 0 Å². The van der Waals surface area contributed by atoms with Crippen molar-refractivity contribution in [3.8, 4) is 17.2 Å². The Bertz CT molecular complexity index is 2370. The Morgan fingerprint density at radius 1 is 0.690 bits per heavy atom. The molecule has 2 N–H and O–H groups in total. The molecule has 0 spiro atoms. The Balaban J connectivity index is 0.000000522. The number of nitrogens with one attached hydrogen (secondary N) is 2. The van der Waals surface area contributed by atoms with Gasteiger partial charge in [-0.1, -0.05) is 79.4 Å². The van der Waals surface area contributed by atoms with Gasteiger partial charge in [0.1, 0.15) is 24.6 Å². The van der Waals surface area contributed by atoms with Crippen LogP contribution in [0.25, 0.3) is 0 Å². The molecule has 0 fully saturated rings. The maximum absolute atomic E-state index is 12.3. The lowest BCUT2D eigenvalue weighted by molar-refractivity contribution is -0.320. The average Bonchev–Trinajstić information content (AvgIpc) is 3.23. The van der Waals surface area contributed by atoms with Crippen molar-refractivity contribution in [1.82, 2.24) is 10.6 Å². The Labute approximate surface area is 426 Å². The third-order valence-electron chi connectivity index (χ3n) is 12.1. The summed E-state index contributed by atoms with van der Waals surface area (Å²) in [7, 11) is 0.0802. The summed E-state index contributed by atoms with van der Waals surface area (Å²) in [6.07, 6.45) is 10.9. The molecule has 16 heteroatoms. The van der Waals surface area contributed by atoms with Crippen molar-refractivity contribution in [2.24, 2.45) is 0 Å². The largest absolute Gasteiger partial charge is 0.821 e. The highest BCUT2D eigenvalue weighted by molar-refractivity contribution is 7.63. The fourth-order valence-electron chi connectivity index (χ4n) is 8.65. The van der Waals surface area contributed by atoms with E-state index < -0.39 is 20.9 Å². The molecule has 4 rings (SSSR count). The summed E-state index contributed by atoms with van der Waals surface area (Å²) in [5.41, 5.74) is 10.3.